The minimum atomic E-state index is -3.25. The molecule has 2 N–H and O–H groups in total. The molecule has 1 fully saturated rings. The topological polar surface area (TPSA) is 138 Å². The van der Waals surface area contributed by atoms with E-state index in [-0.39, 0.29) is 47.8 Å². The van der Waals surface area contributed by atoms with Crippen LogP contribution < -0.4 is 10.2 Å². The van der Waals surface area contributed by atoms with Crippen molar-refractivity contribution in [1.82, 2.24) is 9.97 Å². The lowest BCUT2D eigenvalue weighted by Crippen LogP contribution is -2.30. The zero-order chi connectivity index (χ0) is 26.8. The number of amides is 2. The zero-order valence-electron chi connectivity index (χ0n) is 20.1. The van der Waals surface area contributed by atoms with Crippen LogP contribution in [0.15, 0.2) is 56.7 Å². The third kappa shape index (κ3) is 5.93. The van der Waals surface area contributed by atoms with Gasteiger partial charge in [0.05, 0.1) is 21.5 Å². The van der Waals surface area contributed by atoms with Crippen molar-refractivity contribution in [3.8, 4) is 11.3 Å². The number of oxazole rings is 1. The molecule has 1 atom stereocenters. The number of benzene rings is 1. The molecule has 3 aromatic rings. The summed E-state index contributed by atoms with van der Waals surface area (Å²) in [5.41, 5.74) is 1.43. The van der Waals surface area contributed by atoms with Gasteiger partial charge in [-0.05, 0) is 37.1 Å². The number of alkyl halides is 2. The Morgan fingerprint density at radius 1 is 1.24 bits per heavy atom. The van der Waals surface area contributed by atoms with Gasteiger partial charge in [0, 0.05) is 54.5 Å². The minimum absolute atomic E-state index is 0.0193. The highest BCUT2D eigenvalue weighted by Gasteiger charge is 2.34. The molecule has 0 saturated carbocycles. The lowest BCUT2D eigenvalue weighted by Gasteiger charge is -2.25. The summed E-state index contributed by atoms with van der Waals surface area (Å²) in [5, 5.41) is 11.7. The highest BCUT2D eigenvalue weighted by atomic mass is 32.2. The van der Waals surface area contributed by atoms with Crippen molar-refractivity contribution < 1.29 is 32.1 Å². The van der Waals surface area contributed by atoms with Gasteiger partial charge in [-0.2, -0.15) is 0 Å². The third-order valence-electron chi connectivity index (χ3n) is 6.04. The lowest BCUT2D eigenvalue weighted by atomic mass is 10.0. The van der Waals surface area contributed by atoms with Gasteiger partial charge in [0.15, 0.2) is 12.2 Å². The molecule has 3 heterocycles. The van der Waals surface area contributed by atoms with Crippen molar-refractivity contribution in [2.45, 2.75) is 37.0 Å². The summed E-state index contributed by atoms with van der Waals surface area (Å²) in [6.45, 7) is 2.02. The molecule has 196 valence electrons. The number of anilines is 2. The van der Waals surface area contributed by atoms with Gasteiger partial charge in [-0.25, -0.2) is 27.8 Å². The first-order valence-electron chi connectivity index (χ1n) is 11.3. The Bertz CT molecular complexity index is 1450. The van der Waals surface area contributed by atoms with Crippen LogP contribution in [-0.2, 0) is 9.73 Å². The van der Waals surface area contributed by atoms with Crippen molar-refractivity contribution in [2.75, 3.05) is 29.6 Å². The molecule has 0 spiro atoms. The van der Waals surface area contributed by atoms with Crippen LogP contribution in [0.2, 0.25) is 0 Å². The number of aromatic nitrogens is 2. The van der Waals surface area contributed by atoms with Crippen LogP contribution in [0.25, 0.3) is 11.3 Å². The number of carbonyl (C=O) groups excluding carboxylic acids is 1. The number of hydrogen-bond acceptors (Lipinski definition) is 7. The molecule has 1 aliphatic heterocycles. The summed E-state index contributed by atoms with van der Waals surface area (Å²) in [6, 6.07) is 5.89. The Kier molecular flexibility index (Phi) is 7.25. The van der Waals surface area contributed by atoms with Crippen molar-refractivity contribution in [3.63, 3.8) is 0 Å². The van der Waals surface area contributed by atoms with Gasteiger partial charge in [0.25, 0.3) is 5.91 Å². The maximum Gasteiger partial charge on any atom is 0.439 e. The van der Waals surface area contributed by atoms with Gasteiger partial charge in [0.2, 0.25) is 5.92 Å². The normalized spacial score (nSPS) is 16.9. The second-order valence-electron chi connectivity index (χ2n) is 8.72. The van der Waals surface area contributed by atoms with Crippen LogP contribution in [0.3, 0.4) is 0 Å². The predicted molar refractivity (Wildman–Crippen MR) is 133 cm³/mol. The first kappa shape index (κ1) is 26.2. The van der Waals surface area contributed by atoms with Gasteiger partial charge >= 0.3 is 6.09 Å². The average Bonchev–Trinajstić information content (AvgIpc) is 3.28. The van der Waals surface area contributed by atoms with Crippen LogP contribution >= 0.6 is 0 Å². The summed E-state index contributed by atoms with van der Waals surface area (Å²) in [4.78, 5) is 34.7. The Labute approximate surface area is 211 Å². The molecule has 2 amide bonds. The number of nitrogens with one attached hydrogen (secondary N) is 1. The summed E-state index contributed by atoms with van der Waals surface area (Å²) in [5.74, 6) is -2.73. The molecule has 0 bridgehead atoms. The average molecular weight is 534 g/mol. The van der Waals surface area contributed by atoms with Gasteiger partial charge in [-0.15, -0.1) is 4.36 Å². The number of hydrogen-bond donors (Lipinski definition) is 2. The fourth-order valence-electron chi connectivity index (χ4n) is 4.18. The van der Waals surface area contributed by atoms with E-state index in [1.807, 2.05) is 0 Å². The molecule has 37 heavy (non-hydrogen) atoms. The number of rotatable bonds is 5. The lowest BCUT2D eigenvalue weighted by molar-refractivity contribution is -0.0102. The molecule has 10 nitrogen and oxygen atoms in total. The molecule has 1 unspecified atom stereocenters. The SMILES string of the molecule is Cc1c(-c2cnco2)cnc(N2CCCC(F)(F)CC2)c1C(=O)Nc1cccc(S(C)(=O)=NC(=O)O)c1. The molecule has 1 saturated heterocycles. The van der Waals surface area contributed by atoms with E-state index in [9.17, 15) is 22.6 Å². The summed E-state index contributed by atoms with van der Waals surface area (Å²) in [6.07, 6.45) is 3.48. The van der Waals surface area contributed by atoms with Gasteiger partial charge < -0.3 is 19.7 Å². The maximum absolute atomic E-state index is 14.0. The third-order valence-corrected chi connectivity index (χ3v) is 7.68. The van der Waals surface area contributed by atoms with Crippen molar-refractivity contribution in [2.24, 2.45) is 4.36 Å². The Morgan fingerprint density at radius 3 is 2.73 bits per heavy atom. The maximum atomic E-state index is 14.0. The Balaban J connectivity index is 1.75. The van der Waals surface area contributed by atoms with E-state index in [0.717, 1.165) is 0 Å². The van der Waals surface area contributed by atoms with Crippen LogP contribution in [0.5, 0.6) is 0 Å². The van der Waals surface area contributed by atoms with Crippen molar-refractivity contribution >= 4 is 33.2 Å². The van der Waals surface area contributed by atoms with Crippen molar-refractivity contribution in [3.05, 3.63) is 54.2 Å². The number of carboxylic acid groups (broad SMARTS) is 1. The van der Waals surface area contributed by atoms with E-state index >= 15 is 0 Å². The second kappa shape index (κ2) is 10.2. The second-order valence-corrected chi connectivity index (χ2v) is 11.0. The monoisotopic (exact) mass is 533 g/mol. The van der Waals surface area contributed by atoms with Crippen LogP contribution in [0.4, 0.5) is 25.1 Å². The zero-order valence-corrected chi connectivity index (χ0v) is 20.9. The Hall–Kier alpha value is -3.87. The van der Waals surface area contributed by atoms with Crippen LogP contribution in [0.1, 0.15) is 35.2 Å². The van der Waals surface area contributed by atoms with E-state index < -0.39 is 27.7 Å². The fourth-order valence-corrected chi connectivity index (χ4v) is 5.26. The quantitative estimate of drug-likeness (QED) is 0.464. The number of carbonyl (C=O) groups is 2. The summed E-state index contributed by atoms with van der Waals surface area (Å²) < 4.78 is 49.4. The van der Waals surface area contributed by atoms with E-state index in [1.165, 1.54) is 43.2 Å². The van der Waals surface area contributed by atoms with Crippen LogP contribution in [0, 0.1) is 6.92 Å². The standard InChI is InChI=1S/C24H25F2N5O5S/c1-15-18(19-13-27-14-36-19)12-28-21(31-9-4-7-24(25,26)8-10-31)20(15)22(32)29-16-5-3-6-17(11-16)37(2,35)30-23(33)34/h3,5-6,11-14H,4,7-10H2,1-2H3,(H,29,32)(H,33,34). The number of halogens is 2. The Morgan fingerprint density at radius 2 is 2.03 bits per heavy atom. The first-order valence-corrected chi connectivity index (χ1v) is 13.3. The molecule has 4 rings (SSSR count). The van der Waals surface area contributed by atoms with Crippen LogP contribution in [-0.4, -0.2) is 56.6 Å². The van der Waals surface area contributed by atoms with Crippen molar-refractivity contribution in [1.29, 1.82) is 0 Å². The smallest absolute Gasteiger partial charge is 0.439 e. The fraction of sp³-hybridized carbons (Fsp3) is 0.333. The predicted octanol–water partition coefficient (Wildman–Crippen LogP) is 5.06. The molecular formula is C24H25F2N5O5S. The minimum Gasteiger partial charge on any atom is -0.463 e. The molecule has 13 heteroatoms. The molecule has 0 radical (unpaired) electrons. The van der Waals surface area contributed by atoms with E-state index in [0.29, 0.717) is 23.4 Å². The van der Waals surface area contributed by atoms with E-state index in [4.69, 9.17) is 9.52 Å². The molecule has 1 aliphatic rings. The number of pyridine rings is 1. The summed E-state index contributed by atoms with van der Waals surface area (Å²) >= 11 is 0. The van der Waals surface area contributed by atoms with Gasteiger partial charge in [-0.3, -0.25) is 4.79 Å². The molecular weight excluding hydrogens is 508 g/mol. The highest BCUT2D eigenvalue weighted by Crippen LogP contribution is 2.34. The highest BCUT2D eigenvalue weighted by molar-refractivity contribution is 7.93. The largest absolute Gasteiger partial charge is 0.463 e. The van der Waals surface area contributed by atoms with E-state index in [2.05, 4.69) is 19.6 Å². The summed E-state index contributed by atoms with van der Waals surface area (Å²) in [7, 11) is -3.25. The molecule has 1 aromatic carbocycles. The molecule has 0 aliphatic carbocycles. The number of nitrogens with zero attached hydrogens (tertiary/aromatic N) is 4. The van der Waals surface area contributed by atoms with Gasteiger partial charge in [0.1, 0.15) is 5.82 Å². The molecule has 2 aromatic heterocycles. The van der Waals surface area contributed by atoms with Gasteiger partial charge in [-0.1, -0.05) is 6.07 Å². The van der Waals surface area contributed by atoms with E-state index in [1.54, 1.807) is 17.9 Å². The first-order chi connectivity index (χ1) is 17.5.